The molecule has 2 aromatic carbocycles. The predicted molar refractivity (Wildman–Crippen MR) is 120 cm³/mol. The normalized spacial score (nSPS) is 17.8. The van der Waals surface area contributed by atoms with Crippen LogP contribution in [-0.2, 0) is 31.0 Å². The lowest BCUT2D eigenvalue weighted by Gasteiger charge is -2.30. The van der Waals surface area contributed by atoms with Crippen molar-refractivity contribution >= 4 is 31.5 Å². The first-order valence-electron chi connectivity index (χ1n) is 10.4. The Morgan fingerprint density at radius 1 is 0.938 bits per heavy atom. The van der Waals surface area contributed by atoms with E-state index in [0.29, 0.717) is 49.4 Å². The number of rotatable bonds is 4. The topological polar surface area (TPSA) is 101 Å². The first-order valence-corrected chi connectivity index (χ1v) is 13.8. The van der Waals surface area contributed by atoms with Gasteiger partial charge in [-0.05, 0) is 61.2 Å². The molecule has 1 saturated heterocycles. The van der Waals surface area contributed by atoms with E-state index in [1.54, 1.807) is 30.0 Å². The second-order valence-corrected chi connectivity index (χ2v) is 12.1. The van der Waals surface area contributed by atoms with Gasteiger partial charge in [-0.15, -0.1) is 0 Å². The number of benzene rings is 2. The molecule has 1 fully saturated rings. The predicted octanol–water partition coefficient (Wildman–Crippen LogP) is 2.01. The molecule has 0 bridgehead atoms. The van der Waals surface area contributed by atoms with Gasteiger partial charge in [-0.3, -0.25) is 4.79 Å². The number of anilines is 1. The molecular weight excluding hydrogens is 452 g/mol. The highest BCUT2D eigenvalue weighted by Crippen LogP contribution is 2.31. The van der Waals surface area contributed by atoms with Crippen LogP contribution in [0.4, 0.5) is 5.69 Å². The highest BCUT2D eigenvalue weighted by molar-refractivity contribution is 7.90. The fourth-order valence-electron chi connectivity index (χ4n) is 4.09. The number of hydrogen-bond donors (Lipinski definition) is 0. The maximum Gasteiger partial charge on any atom is 0.258 e. The van der Waals surface area contributed by atoms with Crippen molar-refractivity contribution in [3.8, 4) is 0 Å². The highest BCUT2D eigenvalue weighted by Gasteiger charge is 2.30. The Labute approximate surface area is 188 Å². The number of sulfone groups is 1. The quantitative estimate of drug-likeness (QED) is 0.666. The number of amides is 1. The lowest BCUT2D eigenvalue weighted by molar-refractivity contribution is 0.0730. The van der Waals surface area contributed by atoms with Gasteiger partial charge in [-0.1, -0.05) is 6.07 Å². The molecule has 0 saturated carbocycles. The van der Waals surface area contributed by atoms with Crippen molar-refractivity contribution < 1.29 is 26.4 Å². The van der Waals surface area contributed by atoms with Crippen molar-refractivity contribution in [2.24, 2.45) is 0 Å². The molecule has 0 aliphatic carbocycles. The van der Waals surface area contributed by atoms with E-state index in [1.165, 1.54) is 22.5 Å². The maximum atomic E-state index is 13.5. The molecule has 172 valence electrons. The lowest BCUT2D eigenvalue weighted by Crippen LogP contribution is -2.40. The van der Waals surface area contributed by atoms with Crippen molar-refractivity contribution in [3.05, 3.63) is 53.1 Å². The van der Waals surface area contributed by atoms with E-state index >= 15 is 0 Å². The van der Waals surface area contributed by atoms with Crippen LogP contribution in [0.3, 0.4) is 0 Å². The molecule has 0 radical (unpaired) electrons. The summed E-state index contributed by atoms with van der Waals surface area (Å²) in [5.41, 5.74) is 2.45. The molecule has 2 heterocycles. The molecule has 2 aliphatic rings. The van der Waals surface area contributed by atoms with Gasteiger partial charge in [0.1, 0.15) is 0 Å². The zero-order chi connectivity index (χ0) is 23.1. The smallest absolute Gasteiger partial charge is 0.258 e. The Bertz CT molecular complexity index is 1270. The summed E-state index contributed by atoms with van der Waals surface area (Å²) in [4.78, 5) is 15.4. The minimum atomic E-state index is -3.73. The number of carbonyl (C=O) groups is 1. The molecule has 0 unspecified atom stereocenters. The van der Waals surface area contributed by atoms with E-state index < -0.39 is 19.9 Å². The second-order valence-electron chi connectivity index (χ2n) is 8.12. The van der Waals surface area contributed by atoms with Crippen molar-refractivity contribution in [2.45, 2.75) is 29.6 Å². The molecule has 2 aromatic rings. The summed E-state index contributed by atoms with van der Waals surface area (Å²) in [7, 11) is -7.08. The average Bonchev–Trinajstić information content (AvgIpc) is 2.78. The molecule has 4 rings (SSSR count). The van der Waals surface area contributed by atoms with Gasteiger partial charge in [0, 0.05) is 37.1 Å². The summed E-state index contributed by atoms with van der Waals surface area (Å²) >= 11 is 0. The molecule has 32 heavy (non-hydrogen) atoms. The Hall–Kier alpha value is -2.27. The molecule has 8 nitrogen and oxygen atoms in total. The number of carbonyl (C=O) groups excluding carboxylic acids is 1. The number of ether oxygens (including phenoxy) is 1. The molecule has 10 heteroatoms. The van der Waals surface area contributed by atoms with Crippen LogP contribution in [0, 0.1) is 6.92 Å². The molecule has 0 aromatic heterocycles. The number of morpholine rings is 1. The van der Waals surface area contributed by atoms with Gasteiger partial charge in [0.2, 0.25) is 10.0 Å². The Morgan fingerprint density at radius 3 is 2.31 bits per heavy atom. The van der Waals surface area contributed by atoms with Crippen LogP contribution in [0.5, 0.6) is 0 Å². The zero-order valence-corrected chi connectivity index (χ0v) is 19.7. The van der Waals surface area contributed by atoms with E-state index in [9.17, 15) is 21.6 Å². The molecule has 0 spiro atoms. The van der Waals surface area contributed by atoms with Crippen LogP contribution < -0.4 is 4.90 Å². The van der Waals surface area contributed by atoms with Crippen molar-refractivity contribution in [2.75, 3.05) is 44.0 Å². The van der Waals surface area contributed by atoms with Crippen LogP contribution in [0.15, 0.2) is 46.2 Å². The van der Waals surface area contributed by atoms with E-state index in [-0.39, 0.29) is 28.8 Å². The van der Waals surface area contributed by atoms with E-state index in [0.717, 1.165) is 11.8 Å². The number of aryl methyl sites for hydroxylation is 2. The fraction of sp³-hybridized carbons (Fsp3) is 0.409. The Kier molecular flexibility index (Phi) is 6.15. The van der Waals surface area contributed by atoms with Crippen LogP contribution in [0.2, 0.25) is 0 Å². The summed E-state index contributed by atoms with van der Waals surface area (Å²) in [5.74, 6) is -0.297. The van der Waals surface area contributed by atoms with Crippen LogP contribution in [0.25, 0.3) is 0 Å². The van der Waals surface area contributed by atoms with Gasteiger partial charge >= 0.3 is 0 Å². The molecule has 0 N–H and O–H groups in total. The van der Waals surface area contributed by atoms with Crippen LogP contribution in [-0.4, -0.2) is 66.2 Å². The first-order chi connectivity index (χ1) is 15.1. The molecule has 1 amide bonds. The highest BCUT2D eigenvalue weighted by atomic mass is 32.2. The van der Waals surface area contributed by atoms with Crippen LogP contribution >= 0.6 is 0 Å². The Balaban J connectivity index is 1.70. The minimum Gasteiger partial charge on any atom is -0.379 e. The van der Waals surface area contributed by atoms with E-state index in [4.69, 9.17) is 4.74 Å². The number of sulfonamides is 1. The third-order valence-corrected chi connectivity index (χ3v) is 8.90. The summed E-state index contributed by atoms with van der Waals surface area (Å²) in [6.07, 6.45) is 2.52. The monoisotopic (exact) mass is 478 g/mol. The second kappa shape index (κ2) is 8.58. The standard InChI is InChI=1S/C22H26N2O6S2/c1-16-5-6-19(32(28,29)23-10-12-30-13-11-23)15-20(16)22(25)24-9-3-4-17-14-18(31(2,26)27)7-8-21(17)24/h5-8,14-15H,3-4,9-13H2,1-2H3. The van der Waals surface area contributed by atoms with Gasteiger partial charge in [0.25, 0.3) is 5.91 Å². The van der Waals surface area contributed by atoms with Gasteiger partial charge < -0.3 is 9.64 Å². The zero-order valence-electron chi connectivity index (χ0n) is 18.1. The fourth-order valence-corrected chi connectivity index (χ4v) is 6.19. The lowest BCUT2D eigenvalue weighted by atomic mass is 9.99. The Morgan fingerprint density at radius 2 is 1.62 bits per heavy atom. The third kappa shape index (κ3) is 4.32. The summed E-state index contributed by atoms with van der Waals surface area (Å²) in [6.45, 7) is 3.50. The number of nitrogens with zero attached hydrogens (tertiary/aromatic N) is 2. The third-order valence-electron chi connectivity index (χ3n) is 5.89. The van der Waals surface area contributed by atoms with E-state index in [2.05, 4.69) is 0 Å². The van der Waals surface area contributed by atoms with Gasteiger partial charge in [-0.25, -0.2) is 16.8 Å². The first kappa shape index (κ1) is 22.9. The summed E-state index contributed by atoms with van der Waals surface area (Å²) in [6, 6.07) is 9.41. The summed E-state index contributed by atoms with van der Waals surface area (Å²) < 4.78 is 56.6. The largest absolute Gasteiger partial charge is 0.379 e. The molecule has 2 aliphatic heterocycles. The molecule has 0 atom stereocenters. The van der Waals surface area contributed by atoms with E-state index in [1.807, 2.05) is 0 Å². The van der Waals surface area contributed by atoms with Crippen molar-refractivity contribution in [1.82, 2.24) is 4.31 Å². The van der Waals surface area contributed by atoms with Crippen LogP contribution in [0.1, 0.15) is 27.9 Å². The average molecular weight is 479 g/mol. The summed E-state index contributed by atoms with van der Waals surface area (Å²) in [5, 5.41) is 0. The SMILES string of the molecule is Cc1ccc(S(=O)(=O)N2CCOCC2)cc1C(=O)N1CCCc2cc(S(C)(=O)=O)ccc21. The van der Waals surface area contributed by atoms with Gasteiger partial charge in [0.05, 0.1) is 23.0 Å². The molecular formula is C22H26N2O6S2. The van der Waals surface area contributed by atoms with Gasteiger partial charge in [0.15, 0.2) is 9.84 Å². The number of hydrogen-bond acceptors (Lipinski definition) is 6. The van der Waals surface area contributed by atoms with Gasteiger partial charge in [-0.2, -0.15) is 4.31 Å². The van der Waals surface area contributed by atoms with Crippen molar-refractivity contribution in [3.63, 3.8) is 0 Å². The maximum absolute atomic E-state index is 13.5. The minimum absolute atomic E-state index is 0.0815. The van der Waals surface area contributed by atoms with Crippen molar-refractivity contribution in [1.29, 1.82) is 0 Å². The number of fused-ring (bicyclic) bond motifs is 1.